The van der Waals surface area contributed by atoms with E-state index in [0.29, 0.717) is 11.6 Å². The fraction of sp³-hybridized carbons (Fsp3) is 0.550. The summed E-state index contributed by atoms with van der Waals surface area (Å²) in [4.78, 5) is 9.35. The highest BCUT2D eigenvalue weighted by Crippen LogP contribution is 2.41. The van der Waals surface area contributed by atoms with E-state index in [9.17, 15) is 9.50 Å². The Kier molecular flexibility index (Phi) is 4.48. The third-order valence-corrected chi connectivity index (χ3v) is 6.21. The highest BCUT2D eigenvalue weighted by atomic mass is 19.1. The van der Waals surface area contributed by atoms with Crippen molar-refractivity contribution in [3.63, 3.8) is 0 Å². The number of likely N-dealkylation sites (N-methyl/N-ethyl adjacent to an activating group) is 1. The predicted molar refractivity (Wildman–Crippen MR) is 96.8 cm³/mol. The standard InChI is InChI=1S/C20H26FN3O/c1-23-10-3-8-20(14-25)9-11-24(13-18(20)23)12-16-7-6-15-4-2-5-17(21)19(15)22-16/h2,4-7,18,25H,3,8-14H2,1H3/t18-,20-/m1/s1. The number of para-hydroxylation sites is 1. The van der Waals surface area contributed by atoms with E-state index in [1.54, 1.807) is 6.07 Å². The molecular weight excluding hydrogens is 317 g/mol. The molecule has 3 heterocycles. The normalized spacial score (nSPS) is 28.2. The van der Waals surface area contributed by atoms with Gasteiger partial charge in [-0.25, -0.2) is 9.37 Å². The average Bonchev–Trinajstić information content (AvgIpc) is 2.63. The fourth-order valence-corrected chi connectivity index (χ4v) is 4.69. The Morgan fingerprint density at radius 2 is 2.12 bits per heavy atom. The van der Waals surface area contributed by atoms with Crippen molar-refractivity contribution in [2.45, 2.75) is 31.8 Å². The molecule has 5 heteroatoms. The van der Waals surface area contributed by atoms with Crippen molar-refractivity contribution in [2.24, 2.45) is 5.41 Å². The topological polar surface area (TPSA) is 39.6 Å². The second kappa shape index (κ2) is 6.63. The maximum absolute atomic E-state index is 14.0. The van der Waals surface area contributed by atoms with Gasteiger partial charge >= 0.3 is 0 Å². The van der Waals surface area contributed by atoms with E-state index in [0.717, 1.165) is 50.1 Å². The van der Waals surface area contributed by atoms with Crippen LogP contribution < -0.4 is 0 Å². The van der Waals surface area contributed by atoms with Gasteiger partial charge in [0.2, 0.25) is 0 Å². The van der Waals surface area contributed by atoms with E-state index < -0.39 is 0 Å². The molecule has 0 spiro atoms. The van der Waals surface area contributed by atoms with Gasteiger partial charge in [-0.15, -0.1) is 0 Å². The quantitative estimate of drug-likeness (QED) is 0.930. The second-order valence-corrected chi connectivity index (χ2v) is 7.72. The van der Waals surface area contributed by atoms with Crippen LogP contribution >= 0.6 is 0 Å². The zero-order valence-electron chi connectivity index (χ0n) is 14.8. The summed E-state index contributed by atoms with van der Waals surface area (Å²) in [7, 11) is 2.17. The van der Waals surface area contributed by atoms with Crippen LogP contribution in [0, 0.1) is 11.2 Å². The average molecular weight is 343 g/mol. The summed E-state index contributed by atoms with van der Waals surface area (Å²) in [5.74, 6) is -0.260. The number of rotatable bonds is 3. The summed E-state index contributed by atoms with van der Waals surface area (Å²) < 4.78 is 14.0. The molecule has 1 N–H and O–H groups in total. The van der Waals surface area contributed by atoms with Crippen LogP contribution in [0.3, 0.4) is 0 Å². The van der Waals surface area contributed by atoms with E-state index in [1.807, 2.05) is 18.2 Å². The number of hydrogen-bond acceptors (Lipinski definition) is 4. The molecule has 2 aliphatic rings. The molecule has 0 unspecified atom stereocenters. The number of likely N-dealkylation sites (tertiary alicyclic amines) is 2. The van der Waals surface area contributed by atoms with Gasteiger partial charge in [0.25, 0.3) is 0 Å². The first-order valence-corrected chi connectivity index (χ1v) is 9.19. The van der Waals surface area contributed by atoms with E-state index in [1.165, 1.54) is 12.5 Å². The molecule has 2 saturated heterocycles. The van der Waals surface area contributed by atoms with Crippen LogP contribution in [-0.2, 0) is 6.54 Å². The molecule has 0 radical (unpaired) electrons. The monoisotopic (exact) mass is 343 g/mol. The number of aromatic nitrogens is 1. The minimum atomic E-state index is -0.260. The summed E-state index contributed by atoms with van der Waals surface area (Å²) in [5, 5.41) is 10.9. The van der Waals surface area contributed by atoms with Crippen molar-refractivity contribution in [1.82, 2.24) is 14.8 Å². The molecule has 134 valence electrons. The highest BCUT2D eigenvalue weighted by Gasteiger charge is 2.46. The smallest absolute Gasteiger partial charge is 0.149 e. The van der Waals surface area contributed by atoms with Gasteiger partial charge in [-0.2, -0.15) is 0 Å². The molecule has 2 atom stereocenters. The zero-order chi connectivity index (χ0) is 17.4. The van der Waals surface area contributed by atoms with Gasteiger partial charge in [-0.1, -0.05) is 18.2 Å². The fourth-order valence-electron chi connectivity index (χ4n) is 4.69. The van der Waals surface area contributed by atoms with Crippen LogP contribution in [0.2, 0.25) is 0 Å². The van der Waals surface area contributed by atoms with Crippen molar-refractivity contribution in [2.75, 3.05) is 33.3 Å². The summed E-state index contributed by atoms with van der Waals surface area (Å²) in [6.07, 6.45) is 3.30. The Morgan fingerprint density at radius 3 is 2.96 bits per heavy atom. The molecule has 0 bridgehead atoms. The number of fused-ring (bicyclic) bond motifs is 2. The first kappa shape index (κ1) is 16.9. The van der Waals surface area contributed by atoms with Gasteiger partial charge in [-0.3, -0.25) is 4.90 Å². The van der Waals surface area contributed by atoms with Crippen LogP contribution in [0.1, 0.15) is 25.0 Å². The number of hydrogen-bond donors (Lipinski definition) is 1. The second-order valence-electron chi connectivity index (χ2n) is 7.72. The third kappa shape index (κ3) is 3.05. The Labute approximate surface area is 148 Å². The Balaban J connectivity index is 1.53. The van der Waals surface area contributed by atoms with Crippen LogP contribution in [0.15, 0.2) is 30.3 Å². The third-order valence-electron chi connectivity index (χ3n) is 6.21. The number of nitrogens with zero attached hydrogens (tertiary/aromatic N) is 3. The predicted octanol–water partition coefficient (Wildman–Crippen LogP) is 2.65. The molecule has 0 saturated carbocycles. The van der Waals surface area contributed by atoms with Crippen LogP contribution in [0.25, 0.3) is 10.9 Å². The minimum Gasteiger partial charge on any atom is -0.396 e. The number of piperidine rings is 2. The molecular formula is C20H26FN3O. The lowest BCUT2D eigenvalue weighted by atomic mass is 9.69. The molecule has 25 heavy (non-hydrogen) atoms. The van der Waals surface area contributed by atoms with Crippen LogP contribution in [0.4, 0.5) is 4.39 Å². The van der Waals surface area contributed by atoms with Gasteiger partial charge in [0.15, 0.2) is 0 Å². The molecule has 0 aliphatic carbocycles. The van der Waals surface area contributed by atoms with E-state index in [4.69, 9.17) is 0 Å². The first-order valence-electron chi connectivity index (χ1n) is 9.19. The van der Waals surface area contributed by atoms with E-state index in [2.05, 4.69) is 21.8 Å². The minimum absolute atomic E-state index is 0.0480. The SMILES string of the molecule is CN1CCC[C@]2(CO)CCN(Cc3ccc4cccc(F)c4n3)C[C@@H]12. The maximum atomic E-state index is 14.0. The van der Waals surface area contributed by atoms with E-state index >= 15 is 0 Å². The van der Waals surface area contributed by atoms with Crippen LogP contribution in [-0.4, -0.2) is 59.2 Å². The van der Waals surface area contributed by atoms with Gasteiger partial charge in [0.1, 0.15) is 11.3 Å². The molecule has 2 aliphatic heterocycles. The van der Waals surface area contributed by atoms with Crippen molar-refractivity contribution < 1.29 is 9.50 Å². The van der Waals surface area contributed by atoms with Crippen molar-refractivity contribution in [1.29, 1.82) is 0 Å². The Bertz CT molecular complexity index is 768. The summed E-state index contributed by atoms with van der Waals surface area (Å²) >= 11 is 0. The van der Waals surface area contributed by atoms with Gasteiger partial charge in [0, 0.05) is 29.9 Å². The number of aliphatic hydroxyl groups excluding tert-OH is 1. The van der Waals surface area contributed by atoms with E-state index in [-0.39, 0.29) is 17.8 Å². The lowest BCUT2D eigenvalue weighted by Crippen LogP contribution is -2.61. The molecule has 2 fully saturated rings. The number of aliphatic hydroxyl groups is 1. The van der Waals surface area contributed by atoms with Crippen molar-refractivity contribution in [3.8, 4) is 0 Å². The summed E-state index contributed by atoms with van der Waals surface area (Å²) in [6, 6.07) is 9.42. The first-order chi connectivity index (χ1) is 12.1. The number of pyridine rings is 1. The number of halogens is 1. The Morgan fingerprint density at radius 1 is 1.24 bits per heavy atom. The van der Waals surface area contributed by atoms with Crippen molar-refractivity contribution in [3.05, 3.63) is 41.8 Å². The van der Waals surface area contributed by atoms with Gasteiger partial charge in [0.05, 0.1) is 12.3 Å². The zero-order valence-corrected chi connectivity index (χ0v) is 14.8. The summed E-state index contributed by atoms with van der Waals surface area (Å²) in [6.45, 7) is 4.00. The van der Waals surface area contributed by atoms with Gasteiger partial charge in [-0.05, 0) is 51.5 Å². The summed E-state index contributed by atoms with van der Waals surface area (Å²) in [5.41, 5.74) is 1.41. The van der Waals surface area contributed by atoms with Gasteiger partial charge < -0.3 is 10.0 Å². The van der Waals surface area contributed by atoms with Crippen molar-refractivity contribution >= 4 is 10.9 Å². The lowest BCUT2D eigenvalue weighted by Gasteiger charge is -2.53. The molecule has 1 aromatic carbocycles. The lowest BCUT2D eigenvalue weighted by molar-refractivity contribution is -0.0686. The molecule has 1 aromatic heterocycles. The van der Waals surface area contributed by atoms with Crippen LogP contribution in [0.5, 0.6) is 0 Å². The Hall–Kier alpha value is -1.56. The molecule has 2 aromatic rings. The highest BCUT2D eigenvalue weighted by molar-refractivity contribution is 5.79. The molecule has 0 amide bonds. The largest absolute Gasteiger partial charge is 0.396 e. The molecule has 4 nitrogen and oxygen atoms in total. The number of benzene rings is 1. The maximum Gasteiger partial charge on any atom is 0.149 e. The molecule has 4 rings (SSSR count).